The van der Waals surface area contributed by atoms with E-state index in [1.165, 1.54) is 24.3 Å². The molecule has 0 saturated carbocycles. The van der Waals surface area contributed by atoms with Crippen molar-refractivity contribution in [1.29, 1.82) is 0 Å². The van der Waals surface area contributed by atoms with Crippen molar-refractivity contribution in [3.63, 3.8) is 0 Å². The second-order valence-corrected chi connectivity index (χ2v) is 8.04. The topological polar surface area (TPSA) is 95.5 Å². The first kappa shape index (κ1) is 24.6. The summed E-state index contributed by atoms with van der Waals surface area (Å²) >= 11 is 0. The molecule has 0 spiro atoms. The zero-order valence-corrected chi connectivity index (χ0v) is 19.8. The molecule has 0 heterocycles. The molecule has 0 saturated heterocycles. The molecule has 0 amide bonds. The van der Waals surface area contributed by atoms with Crippen LogP contribution in [0.3, 0.4) is 0 Å². The number of benzene rings is 3. The Morgan fingerprint density at radius 1 is 0.694 bits per heavy atom. The van der Waals surface area contributed by atoms with Gasteiger partial charge in [-0.2, -0.15) is 0 Å². The third-order valence-corrected chi connectivity index (χ3v) is 5.87. The van der Waals surface area contributed by atoms with Crippen LogP contribution in [0, 0.1) is 0 Å². The first-order chi connectivity index (χ1) is 17.0. The van der Waals surface area contributed by atoms with E-state index in [2.05, 4.69) is 10.6 Å². The number of anilines is 2. The van der Waals surface area contributed by atoms with Gasteiger partial charge in [0, 0.05) is 40.0 Å². The number of fused-ring (bicyclic) bond motifs is 2. The van der Waals surface area contributed by atoms with Crippen LogP contribution in [0.5, 0.6) is 0 Å². The van der Waals surface area contributed by atoms with Gasteiger partial charge < -0.3 is 15.7 Å². The summed E-state index contributed by atoms with van der Waals surface area (Å²) in [7, 11) is 0. The van der Waals surface area contributed by atoms with Crippen molar-refractivity contribution < 1.29 is 37.4 Å². The number of hydrogen-bond donors (Lipinski definition) is 3. The summed E-state index contributed by atoms with van der Waals surface area (Å²) in [5.41, 5.74) is 5.49. The second-order valence-electron chi connectivity index (χ2n) is 8.04. The molecule has 0 atom stereocenters. The Bertz CT molecular complexity index is 1520. The van der Waals surface area contributed by atoms with Gasteiger partial charge in [0.15, 0.2) is 11.6 Å². The number of carboxylic acids is 1. The van der Waals surface area contributed by atoms with Crippen molar-refractivity contribution in [2.24, 2.45) is 0 Å². The van der Waals surface area contributed by atoms with Crippen molar-refractivity contribution in [2.75, 3.05) is 10.6 Å². The minimum Gasteiger partial charge on any atom is -0.478 e. The van der Waals surface area contributed by atoms with Gasteiger partial charge in [0.25, 0.3) is 0 Å². The number of ketones is 2. The molecule has 180 valence electrons. The minimum atomic E-state index is -1.07. The molecule has 0 radical (unpaired) electrons. The molecule has 0 bridgehead atoms. The van der Waals surface area contributed by atoms with Crippen LogP contribution < -0.4 is 10.6 Å². The molecule has 7 heteroatoms. The average molecular weight is 520 g/mol. The molecule has 3 aromatic carbocycles. The van der Waals surface area contributed by atoms with Crippen molar-refractivity contribution in [3.8, 4) is 0 Å². The van der Waals surface area contributed by atoms with Gasteiger partial charge in [-0.05, 0) is 52.6 Å². The van der Waals surface area contributed by atoms with E-state index < -0.39 is 5.97 Å². The van der Waals surface area contributed by atoms with Crippen molar-refractivity contribution >= 4 is 52.2 Å². The predicted molar refractivity (Wildman–Crippen MR) is 139 cm³/mol. The molecule has 0 aromatic heterocycles. The van der Waals surface area contributed by atoms with Gasteiger partial charge in [-0.25, -0.2) is 4.79 Å². The molecule has 0 fully saturated rings. The Labute approximate surface area is 219 Å². The number of carbonyl (C=O) groups is 3. The quantitative estimate of drug-likeness (QED) is 0.300. The third kappa shape index (κ3) is 4.83. The number of hydrogen-bond acceptors (Lipinski definition) is 5. The molecule has 0 unspecified atom stereocenters. The fraction of sp³-hybridized carbons (Fsp3) is 0. The number of allylic oxidation sites excluding steroid dienone is 4. The van der Waals surface area contributed by atoms with E-state index in [-0.39, 0.29) is 35.0 Å². The molecule has 36 heavy (non-hydrogen) atoms. The molecule has 2 aliphatic rings. The van der Waals surface area contributed by atoms with Gasteiger partial charge in [-0.1, -0.05) is 60.7 Å². The number of aromatic carboxylic acids is 1. The number of nitrogens with one attached hydrogen (secondary N) is 2. The molecular weight excluding hydrogens is 499 g/mol. The van der Waals surface area contributed by atoms with Crippen LogP contribution in [0.4, 0.5) is 11.4 Å². The molecule has 5 rings (SSSR count). The first-order valence-corrected chi connectivity index (χ1v) is 11.0. The zero-order chi connectivity index (χ0) is 24.4. The molecule has 0 aliphatic heterocycles. The van der Waals surface area contributed by atoms with E-state index in [9.17, 15) is 19.5 Å². The van der Waals surface area contributed by atoms with Crippen LogP contribution in [0.2, 0.25) is 0 Å². The van der Waals surface area contributed by atoms with E-state index in [0.29, 0.717) is 22.5 Å². The van der Waals surface area contributed by atoms with Crippen molar-refractivity contribution in [2.45, 2.75) is 0 Å². The normalized spacial score (nSPS) is 15.8. The Morgan fingerprint density at radius 2 is 1.19 bits per heavy atom. The monoisotopic (exact) mass is 519 g/mol. The number of carbonyl (C=O) groups excluding carboxylic acids is 2. The summed E-state index contributed by atoms with van der Waals surface area (Å²) < 4.78 is 0. The third-order valence-electron chi connectivity index (χ3n) is 5.87. The van der Waals surface area contributed by atoms with Crippen LogP contribution in [0.15, 0.2) is 91.3 Å². The summed E-state index contributed by atoms with van der Waals surface area (Å²) in [6, 6.07) is 19.7. The van der Waals surface area contributed by atoms with E-state index in [1.54, 1.807) is 30.6 Å². The van der Waals surface area contributed by atoms with Gasteiger partial charge >= 0.3 is 7.40 Å². The standard InChI is InChI=1S/C29H20N2O4.Ni/c32-27-13-10-18-5-1-3-7-21(18)23(27)16-30-25-12-9-20(29(34)35)15-26(25)31-17-24-22-8-4-2-6-19(22)11-14-28(24)33;/h1-17,30-31H,(H,34,35);/p+1/b23-16-,24-17-;. The van der Waals surface area contributed by atoms with Crippen LogP contribution in [-0.2, 0) is 26.1 Å². The largest absolute Gasteiger partial charge is 1.00 e. The summed E-state index contributed by atoms with van der Waals surface area (Å²) in [5, 5.41) is 15.7. The fourth-order valence-corrected chi connectivity index (χ4v) is 4.07. The Hall–Kier alpha value is -4.48. The Morgan fingerprint density at radius 3 is 1.72 bits per heavy atom. The van der Waals surface area contributed by atoms with Crippen LogP contribution in [-0.4, -0.2) is 22.6 Å². The van der Waals surface area contributed by atoms with E-state index in [1.807, 2.05) is 48.5 Å². The SMILES string of the molecule is O=C1C=Cc2ccccc2/C1=C/Nc1ccc(C(=O)O)cc1N/C=C1\C(=O)C=Cc2ccccc21.[H+].[Ni]. The number of carboxylic acid groups (broad SMARTS) is 1. The van der Waals surface area contributed by atoms with Gasteiger partial charge in [0.1, 0.15) is 0 Å². The maximum atomic E-state index is 12.6. The Balaban J connectivity index is 0.00000190. The van der Waals surface area contributed by atoms with Crippen molar-refractivity contribution in [3.05, 3.63) is 119 Å². The van der Waals surface area contributed by atoms with Gasteiger partial charge in [-0.15, -0.1) is 0 Å². The minimum absolute atomic E-state index is 0. The summed E-state index contributed by atoms with van der Waals surface area (Å²) in [4.78, 5) is 36.7. The van der Waals surface area contributed by atoms with Gasteiger partial charge in [0.2, 0.25) is 0 Å². The maximum absolute atomic E-state index is 12.6. The van der Waals surface area contributed by atoms with Gasteiger partial charge in [-0.3, -0.25) is 9.59 Å². The fourth-order valence-electron chi connectivity index (χ4n) is 4.07. The Kier molecular flexibility index (Phi) is 7.13. The summed E-state index contributed by atoms with van der Waals surface area (Å²) in [6.07, 6.45) is 9.77. The van der Waals surface area contributed by atoms with E-state index in [4.69, 9.17) is 0 Å². The second kappa shape index (κ2) is 10.4. The smallest absolute Gasteiger partial charge is 0.478 e. The first-order valence-electron chi connectivity index (χ1n) is 11.0. The molecule has 2 aliphatic carbocycles. The number of rotatable bonds is 5. The van der Waals surface area contributed by atoms with Crippen LogP contribution >= 0.6 is 0 Å². The van der Waals surface area contributed by atoms with Crippen molar-refractivity contribution in [1.82, 2.24) is 0 Å². The molecular formula is C29H21N2NiO4+. The van der Waals surface area contributed by atoms with E-state index >= 15 is 0 Å². The summed E-state index contributed by atoms with van der Waals surface area (Å²) in [6.45, 7) is 0. The molecule has 3 N–H and O–H groups in total. The zero-order valence-electron chi connectivity index (χ0n) is 19.8. The van der Waals surface area contributed by atoms with Crippen LogP contribution in [0.25, 0.3) is 23.3 Å². The van der Waals surface area contributed by atoms with E-state index in [0.717, 1.165) is 22.3 Å². The maximum Gasteiger partial charge on any atom is 1.00 e. The average Bonchev–Trinajstić information content (AvgIpc) is 2.88. The van der Waals surface area contributed by atoms with Gasteiger partial charge in [0.05, 0.1) is 16.9 Å². The molecule has 6 nitrogen and oxygen atoms in total. The molecule has 3 aromatic rings. The van der Waals surface area contributed by atoms with Crippen LogP contribution in [0.1, 0.15) is 34.0 Å². The summed E-state index contributed by atoms with van der Waals surface area (Å²) in [5.74, 6) is -1.36. The predicted octanol–water partition coefficient (Wildman–Crippen LogP) is 5.59.